The van der Waals surface area contributed by atoms with Gasteiger partial charge in [0.15, 0.2) is 5.58 Å². The number of furan rings is 1. The highest BCUT2D eigenvalue weighted by molar-refractivity contribution is 7.26. The van der Waals surface area contributed by atoms with E-state index in [1.165, 1.54) is 15.5 Å². The molecule has 0 spiro atoms. The molecule has 5 aromatic rings. The highest BCUT2D eigenvalue weighted by atomic mass is 32.1. The third kappa shape index (κ3) is 1.72. The van der Waals surface area contributed by atoms with Crippen molar-refractivity contribution in [1.29, 1.82) is 0 Å². The largest absolute Gasteiger partial charge is 0.489 e. The van der Waals surface area contributed by atoms with Gasteiger partial charge >= 0.3 is 7.12 Å². The van der Waals surface area contributed by atoms with Gasteiger partial charge in [0.1, 0.15) is 5.58 Å². The highest BCUT2D eigenvalue weighted by Crippen LogP contribution is 2.41. The summed E-state index contributed by atoms with van der Waals surface area (Å²) in [5, 5.41) is 23.4. The fourth-order valence-corrected chi connectivity index (χ4v) is 4.50. The second-order valence-corrected chi connectivity index (χ2v) is 6.67. The standard InChI is InChI=1S/C18H11BO3S/c20-19(21)13-5-3-6-14-16(13)12-9-8-11-10-4-1-2-7-15(10)23-18(11)17(12)22-14/h1-9,20-21H. The Morgan fingerprint density at radius 1 is 0.826 bits per heavy atom. The van der Waals surface area contributed by atoms with Crippen molar-refractivity contribution in [2.75, 3.05) is 0 Å². The minimum absolute atomic E-state index is 0.474. The van der Waals surface area contributed by atoms with Gasteiger partial charge in [-0.3, -0.25) is 0 Å². The van der Waals surface area contributed by atoms with E-state index in [9.17, 15) is 10.0 Å². The quantitative estimate of drug-likeness (QED) is 0.464. The van der Waals surface area contributed by atoms with Gasteiger partial charge in [0.2, 0.25) is 0 Å². The van der Waals surface area contributed by atoms with Crippen molar-refractivity contribution < 1.29 is 14.5 Å². The van der Waals surface area contributed by atoms with Crippen molar-refractivity contribution in [3.63, 3.8) is 0 Å². The van der Waals surface area contributed by atoms with E-state index in [2.05, 4.69) is 18.2 Å². The molecule has 0 radical (unpaired) electrons. The number of hydrogen-bond acceptors (Lipinski definition) is 4. The van der Waals surface area contributed by atoms with E-state index in [0.29, 0.717) is 11.0 Å². The van der Waals surface area contributed by atoms with Gasteiger partial charge < -0.3 is 14.5 Å². The molecule has 5 rings (SSSR count). The zero-order valence-electron chi connectivity index (χ0n) is 12.0. The number of benzene rings is 3. The van der Waals surface area contributed by atoms with Crippen molar-refractivity contribution in [2.45, 2.75) is 0 Å². The molecule has 0 fully saturated rings. The van der Waals surface area contributed by atoms with Crippen molar-refractivity contribution in [3.8, 4) is 0 Å². The van der Waals surface area contributed by atoms with Crippen LogP contribution in [0.3, 0.4) is 0 Å². The molecule has 0 aliphatic rings. The van der Waals surface area contributed by atoms with E-state index in [0.717, 1.165) is 21.1 Å². The molecule has 2 aromatic heterocycles. The minimum atomic E-state index is -1.52. The Morgan fingerprint density at radius 3 is 2.52 bits per heavy atom. The maximum atomic E-state index is 9.64. The Labute approximate surface area is 135 Å². The van der Waals surface area contributed by atoms with Crippen LogP contribution in [0.5, 0.6) is 0 Å². The SMILES string of the molecule is OB(O)c1cccc2oc3c(ccc4c5ccccc5sc43)c12. The third-order valence-corrected chi connectivity index (χ3v) is 5.50. The van der Waals surface area contributed by atoms with E-state index >= 15 is 0 Å². The molecule has 0 atom stereocenters. The molecule has 0 amide bonds. The molecule has 2 N–H and O–H groups in total. The predicted octanol–water partition coefficient (Wildman–Crippen LogP) is 3.63. The van der Waals surface area contributed by atoms with E-state index in [1.807, 2.05) is 24.3 Å². The van der Waals surface area contributed by atoms with Gasteiger partial charge in [0.05, 0.1) is 4.70 Å². The van der Waals surface area contributed by atoms with Gasteiger partial charge in [-0.1, -0.05) is 36.4 Å². The van der Waals surface area contributed by atoms with Crippen LogP contribution in [-0.4, -0.2) is 17.2 Å². The van der Waals surface area contributed by atoms with Crippen LogP contribution in [0.4, 0.5) is 0 Å². The molecule has 0 unspecified atom stereocenters. The van der Waals surface area contributed by atoms with Gasteiger partial charge in [-0.25, -0.2) is 0 Å². The number of hydrogen-bond donors (Lipinski definition) is 2. The molecule has 0 saturated carbocycles. The lowest BCUT2D eigenvalue weighted by Crippen LogP contribution is -2.30. The summed E-state index contributed by atoms with van der Waals surface area (Å²) in [5.41, 5.74) is 1.96. The first-order valence-corrected chi connectivity index (χ1v) is 8.17. The number of fused-ring (bicyclic) bond motifs is 7. The van der Waals surface area contributed by atoms with Crippen molar-refractivity contribution in [1.82, 2.24) is 0 Å². The Hall–Kier alpha value is -2.34. The summed E-state index contributed by atoms with van der Waals surface area (Å²) in [6.45, 7) is 0. The molecule has 0 saturated heterocycles. The topological polar surface area (TPSA) is 53.6 Å². The molecular weight excluding hydrogens is 307 g/mol. The Bertz CT molecular complexity index is 1200. The molecule has 0 aliphatic carbocycles. The number of rotatable bonds is 1. The maximum Gasteiger partial charge on any atom is 0.489 e. The lowest BCUT2D eigenvalue weighted by atomic mass is 9.77. The second-order valence-electron chi connectivity index (χ2n) is 5.61. The molecule has 2 heterocycles. The van der Waals surface area contributed by atoms with Crippen molar-refractivity contribution >= 4 is 66.0 Å². The molecular formula is C18H11BO3S. The Morgan fingerprint density at radius 2 is 1.65 bits per heavy atom. The minimum Gasteiger partial charge on any atom is -0.455 e. The molecule has 3 nitrogen and oxygen atoms in total. The summed E-state index contributed by atoms with van der Waals surface area (Å²) in [6.07, 6.45) is 0. The fourth-order valence-electron chi connectivity index (χ4n) is 3.31. The van der Waals surface area contributed by atoms with E-state index in [4.69, 9.17) is 4.42 Å². The molecule has 110 valence electrons. The van der Waals surface area contributed by atoms with Gasteiger partial charge in [-0.15, -0.1) is 11.3 Å². The highest BCUT2D eigenvalue weighted by Gasteiger charge is 2.20. The first-order valence-electron chi connectivity index (χ1n) is 7.35. The molecule has 0 bridgehead atoms. The van der Waals surface area contributed by atoms with Gasteiger partial charge in [0, 0.05) is 26.2 Å². The van der Waals surface area contributed by atoms with E-state index < -0.39 is 7.12 Å². The summed E-state index contributed by atoms with van der Waals surface area (Å²) >= 11 is 1.70. The number of thiophene rings is 1. The molecule has 5 heteroatoms. The zero-order valence-corrected chi connectivity index (χ0v) is 12.8. The summed E-state index contributed by atoms with van der Waals surface area (Å²) in [6, 6.07) is 17.8. The smallest absolute Gasteiger partial charge is 0.455 e. The summed E-state index contributed by atoms with van der Waals surface area (Å²) in [7, 11) is -1.52. The van der Waals surface area contributed by atoms with Crippen LogP contribution in [0.25, 0.3) is 42.1 Å². The van der Waals surface area contributed by atoms with Crippen LogP contribution in [0.2, 0.25) is 0 Å². The monoisotopic (exact) mass is 318 g/mol. The summed E-state index contributed by atoms with van der Waals surface area (Å²) in [5.74, 6) is 0. The lowest BCUT2D eigenvalue weighted by molar-refractivity contribution is 0.426. The third-order valence-electron chi connectivity index (χ3n) is 4.32. The van der Waals surface area contributed by atoms with Gasteiger partial charge in [-0.2, -0.15) is 0 Å². The van der Waals surface area contributed by atoms with Crippen LogP contribution in [0, 0.1) is 0 Å². The molecule has 0 aliphatic heterocycles. The van der Waals surface area contributed by atoms with Crippen LogP contribution in [-0.2, 0) is 0 Å². The van der Waals surface area contributed by atoms with Crippen LogP contribution in [0.15, 0.2) is 59.0 Å². The normalized spacial score (nSPS) is 11.9. The molecule has 3 aromatic carbocycles. The Balaban J connectivity index is 2.02. The average Bonchev–Trinajstić information content (AvgIpc) is 3.12. The molecule has 23 heavy (non-hydrogen) atoms. The van der Waals surface area contributed by atoms with Crippen molar-refractivity contribution in [3.05, 3.63) is 54.6 Å². The Kier molecular flexibility index (Phi) is 2.62. The van der Waals surface area contributed by atoms with E-state index in [-0.39, 0.29) is 0 Å². The average molecular weight is 318 g/mol. The van der Waals surface area contributed by atoms with E-state index in [1.54, 1.807) is 23.5 Å². The predicted molar refractivity (Wildman–Crippen MR) is 96.4 cm³/mol. The lowest BCUT2D eigenvalue weighted by Gasteiger charge is -2.00. The fraction of sp³-hybridized carbons (Fsp3) is 0. The summed E-state index contributed by atoms with van der Waals surface area (Å²) in [4.78, 5) is 0. The second kappa shape index (κ2) is 4.58. The van der Waals surface area contributed by atoms with Crippen LogP contribution in [0.1, 0.15) is 0 Å². The summed E-state index contributed by atoms with van der Waals surface area (Å²) < 4.78 is 8.39. The first kappa shape index (κ1) is 13.1. The zero-order chi connectivity index (χ0) is 15.6. The van der Waals surface area contributed by atoms with Gasteiger partial charge in [-0.05, 0) is 23.7 Å². The van der Waals surface area contributed by atoms with Crippen LogP contribution < -0.4 is 5.46 Å². The first-order chi connectivity index (χ1) is 11.2. The van der Waals surface area contributed by atoms with Crippen LogP contribution >= 0.6 is 11.3 Å². The maximum absolute atomic E-state index is 9.64. The van der Waals surface area contributed by atoms with Gasteiger partial charge in [0.25, 0.3) is 0 Å². The van der Waals surface area contributed by atoms with Crippen molar-refractivity contribution in [2.24, 2.45) is 0 Å².